The van der Waals surface area contributed by atoms with Gasteiger partial charge in [-0.05, 0) is 13.8 Å². The third-order valence-corrected chi connectivity index (χ3v) is 2.00. The topological polar surface area (TPSA) is 57.7 Å². The van der Waals surface area contributed by atoms with Crippen LogP contribution in [-0.4, -0.2) is 70.3 Å². The standard InChI is InChI=1S/C8H12N2O3.ClH.Na/c1-3-9-6(11)5-7(12)10(4-2)8(9)13;;/h3-5H2,1-2H3;1H;. The van der Waals surface area contributed by atoms with Crippen LogP contribution in [-0.2, 0) is 9.59 Å². The predicted molar refractivity (Wildman–Crippen MR) is 57.8 cm³/mol. The zero-order chi connectivity index (χ0) is 10.0. The molecule has 81 valence electrons. The van der Waals surface area contributed by atoms with Crippen LogP contribution in [0.1, 0.15) is 20.3 Å². The Labute approximate surface area is 117 Å². The van der Waals surface area contributed by atoms with Crippen LogP contribution in [0, 0.1) is 0 Å². The van der Waals surface area contributed by atoms with Gasteiger partial charge in [0.25, 0.3) is 0 Å². The maximum absolute atomic E-state index is 11.4. The SMILES string of the molecule is CCN1C(=O)CC(=O)N(CC)C1=O.Cl.[Na]. The molecule has 0 saturated carbocycles. The van der Waals surface area contributed by atoms with Crippen LogP contribution in [0.15, 0.2) is 0 Å². The van der Waals surface area contributed by atoms with E-state index in [0.717, 1.165) is 9.80 Å². The number of rotatable bonds is 2. The van der Waals surface area contributed by atoms with Crippen molar-refractivity contribution in [1.82, 2.24) is 9.80 Å². The number of hydrogen-bond donors (Lipinski definition) is 0. The molecule has 0 bridgehead atoms. The summed E-state index contributed by atoms with van der Waals surface area (Å²) in [5.74, 6) is -0.801. The molecule has 1 aliphatic heterocycles. The summed E-state index contributed by atoms with van der Waals surface area (Å²) in [6.07, 6.45) is -0.187. The van der Waals surface area contributed by atoms with Crippen LogP contribution in [0.2, 0.25) is 0 Å². The van der Waals surface area contributed by atoms with Gasteiger partial charge in [0.15, 0.2) is 0 Å². The Balaban J connectivity index is 0. The Hall–Kier alpha value is -0.1000. The Morgan fingerprint density at radius 1 is 1.00 bits per heavy atom. The molecule has 1 fully saturated rings. The van der Waals surface area contributed by atoms with Gasteiger partial charge in [-0.3, -0.25) is 19.4 Å². The Morgan fingerprint density at radius 2 is 1.33 bits per heavy atom. The second-order valence-corrected chi connectivity index (χ2v) is 2.74. The zero-order valence-corrected chi connectivity index (χ0v) is 12.0. The number of carbonyl (C=O) groups excluding carboxylic acids is 3. The molecule has 1 radical (unpaired) electrons. The largest absolute Gasteiger partial charge is 0.333 e. The van der Waals surface area contributed by atoms with Crippen molar-refractivity contribution in [2.45, 2.75) is 20.3 Å². The fourth-order valence-electron chi connectivity index (χ4n) is 1.30. The number of urea groups is 1. The van der Waals surface area contributed by atoms with Crippen molar-refractivity contribution in [3.63, 3.8) is 0 Å². The number of hydrogen-bond acceptors (Lipinski definition) is 3. The van der Waals surface area contributed by atoms with Gasteiger partial charge in [-0.15, -0.1) is 12.4 Å². The first kappa shape index (κ1) is 17.3. The van der Waals surface area contributed by atoms with Crippen molar-refractivity contribution < 1.29 is 14.4 Å². The molecular formula is C8H13ClN2NaO3. The molecule has 1 saturated heterocycles. The average Bonchev–Trinajstić information content (AvgIpc) is 2.04. The molecule has 0 spiro atoms. The second kappa shape index (κ2) is 7.22. The molecule has 4 amide bonds. The average molecular weight is 244 g/mol. The fraction of sp³-hybridized carbons (Fsp3) is 0.625. The molecule has 1 rings (SSSR count). The van der Waals surface area contributed by atoms with Crippen molar-refractivity contribution in [2.24, 2.45) is 0 Å². The van der Waals surface area contributed by atoms with Gasteiger partial charge in [-0.25, -0.2) is 4.79 Å². The number of halogens is 1. The van der Waals surface area contributed by atoms with Crippen LogP contribution in [0.25, 0.3) is 0 Å². The van der Waals surface area contributed by atoms with Crippen molar-refractivity contribution >= 4 is 59.8 Å². The molecule has 0 N–H and O–H groups in total. The van der Waals surface area contributed by atoms with E-state index in [2.05, 4.69) is 0 Å². The Bertz CT molecular complexity index is 249. The molecule has 0 aliphatic carbocycles. The van der Waals surface area contributed by atoms with Crippen LogP contribution in [0.5, 0.6) is 0 Å². The summed E-state index contributed by atoms with van der Waals surface area (Å²) < 4.78 is 0. The number of carbonyl (C=O) groups is 3. The van der Waals surface area contributed by atoms with Crippen LogP contribution in [0.4, 0.5) is 4.79 Å². The van der Waals surface area contributed by atoms with E-state index in [1.165, 1.54) is 0 Å². The summed E-state index contributed by atoms with van der Waals surface area (Å²) in [5, 5.41) is 0. The monoisotopic (exact) mass is 243 g/mol. The van der Waals surface area contributed by atoms with Crippen molar-refractivity contribution in [3.8, 4) is 0 Å². The van der Waals surface area contributed by atoms with E-state index in [-0.39, 0.29) is 48.4 Å². The molecule has 0 aromatic carbocycles. The maximum Gasteiger partial charge on any atom is 0.333 e. The number of barbiturate groups is 1. The summed E-state index contributed by atoms with van der Waals surface area (Å²) >= 11 is 0. The van der Waals surface area contributed by atoms with E-state index < -0.39 is 17.8 Å². The first-order valence-electron chi connectivity index (χ1n) is 4.26. The minimum Gasteiger partial charge on any atom is -0.274 e. The third kappa shape index (κ3) is 3.45. The first-order valence-corrected chi connectivity index (χ1v) is 4.26. The minimum absolute atomic E-state index is 0. The second-order valence-electron chi connectivity index (χ2n) is 2.74. The summed E-state index contributed by atoms with van der Waals surface area (Å²) in [5.41, 5.74) is 0. The Kier molecular flexibility index (Phi) is 8.33. The smallest absolute Gasteiger partial charge is 0.274 e. The summed E-state index contributed by atoms with van der Waals surface area (Å²) in [7, 11) is 0. The number of imide groups is 2. The van der Waals surface area contributed by atoms with E-state index in [1.807, 2.05) is 0 Å². The first-order chi connectivity index (χ1) is 6.11. The molecule has 7 heteroatoms. The molecule has 0 unspecified atom stereocenters. The van der Waals surface area contributed by atoms with Gasteiger partial charge in [-0.2, -0.15) is 0 Å². The summed E-state index contributed by atoms with van der Waals surface area (Å²) in [4.78, 5) is 35.9. The molecular weight excluding hydrogens is 231 g/mol. The van der Waals surface area contributed by atoms with Gasteiger partial charge < -0.3 is 0 Å². The van der Waals surface area contributed by atoms with E-state index in [4.69, 9.17) is 0 Å². The molecule has 5 nitrogen and oxygen atoms in total. The quantitative estimate of drug-likeness (QED) is 0.516. The van der Waals surface area contributed by atoms with E-state index >= 15 is 0 Å². The van der Waals surface area contributed by atoms with E-state index in [9.17, 15) is 14.4 Å². The van der Waals surface area contributed by atoms with Crippen molar-refractivity contribution in [2.75, 3.05) is 13.1 Å². The normalized spacial score (nSPS) is 16.0. The van der Waals surface area contributed by atoms with Crippen molar-refractivity contribution in [3.05, 3.63) is 0 Å². The van der Waals surface area contributed by atoms with E-state index in [1.54, 1.807) is 13.8 Å². The summed E-state index contributed by atoms with van der Waals surface area (Å²) in [6.45, 7) is 4.06. The van der Waals surface area contributed by atoms with Gasteiger partial charge in [0, 0.05) is 42.6 Å². The van der Waals surface area contributed by atoms with Crippen LogP contribution in [0.3, 0.4) is 0 Å². The molecule has 15 heavy (non-hydrogen) atoms. The van der Waals surface area contributed by atoms with Crippen molar-refractivity contribution in [1.29, 1.82) is 0 Å². The fourth-order valence-corrected chi connectivity index (χ4v) is 1.30. The van der Waals surface area contributed by atoms with Gasteiger partial charge in [0.05, 0.1) is 0 Å². The third-order valence-electron chi connectivity index (χ3n) is 2.00. The zero-order valence-electron chi connectivity index (χ0n) is 9.15. The Morgan fingerprint density at radius 3 is 1.60 bits per heavy atom. The number of nitrogens with zero attached hydrogens (tertiary/aromatic N) is 2. The van der Waals surface area contributed by atoms with Gasteiger partial charge in [0.1, 0.15) is 6.42 Å². The van der Waals surface area contributed by atoms with Gasteiger partial charge in [-0.1, -0.05) is 0 Å². The molecule has 1 heterocycles. The van der Waals surface area contributed by atoms with Gasteiger partial charge >= 0.3 is 6.03 Å². The van der Waals surface area contributed by atoms with E-state index in [0.29, 0.717) is 13.1 Å². The summed E-state index contributed by atoms with van der Waals surface area (Å²) in [6, 6.07) is -0.494. The van der Waals surface area contributed by atoms with Crippen LogP contribution >= 0.6 is 12.4 Å². The minimum atomic E-state index is -0.494. The predicted octanol–water partition coefficient (Wildman–Crippen LogP) is 0.248. The molecule has 0 atom stereocenters. The van der Waals surface area contributed by atoms with Gasteiger partial charge in [0.2, 0.25) is 11.8 Å². The maximum atomic E-state index is 11.4. The molecule has 1 aliphatic rings. The molecule has 0 aromatic rings. The molecule has 0 aromatic heterocycles. The number of amides is 4. The van der Waals surface area contributed by atoms with Crippen LogP contribution < -0.4 is 0 Å².